The van der Waals surface area contributed by atoms with E-state index >= 15 is 0 Å². The molecule has 0 aliphatic heterocycles. The van der Waals surface area contributed by atoms with E-state index < -0.39 is 0 Å². The van der Waals surface area contributed by atoms with Gasteiger partial charge in [0.05, 0.1) is 5.02 Å². The lowest BCUT2D eigenvalue weighted by molar-refractivity contribution is 0.0949. The minimum absolute atomic E-state index is 0.216. The highest BCUT2D eigenvalue weighted by Gasteiger charge is 2.12. The molecule has 6 heteroatoms. The molecule has 106 valence electrons. The molecule has 0 saturated heterocycles. The van der Waals surface area contributed by atoms with E-state index in [4.69, 9.17) is 11.6 Å². The molecule has 2 N–H and O–H groups in total. The zero-order valence-electron chi connectivity index (χ0n) is 11.3. The summed E-state index contributed by atoms with van der Waals surface area (Å²) in [5, 5.41) is 6.35. The van der Waals surface area contributed by atoms with E-state index in [9.17, 15) is 4.79 Å². The third-order valence-corrected chi connectivity index (χ3v) is 3.43. The van der Waals surface area contributed by atoms with E-state index in [1.807, 2.05) is 6.26 Å². The van der Waals surface area contributed by atoms with Crippen molar-refractivity contribution >= 4 is 35.1 Å². The van der Waals surface area contributed by atoms with E-state index in [1.165, 1.54) is 0 Å². The fraction of sp³-hybridized carbons (Fsp3) is 0.538. The van der Waals surface area contributed by atoms with Gasteiger partial charge in [-0.3, -0.25) is 4.79 Å². The largest absolute Gasteiger partial charge is 0.370 e. The number of pyridine rings is 1. The maximum atomic E-state index is 12.0. The fourth-order valence-corrected chi connectivity index (χ4v) is 2.08. The van der Waals surface area contributed by atoms with Crippen LogP contribution >= 0.6 is 23.4 Å². The van der Waals surface area contributed by atoms with E-state index in [0.29, 0.717) is 17.4 Å². The SMILES string of the molecule is CCCNc1ccc(Cl)c(C(=O)NCCCSC)n1. The van der Waals surface area contributed by atoms with Crippen LogP contribution in [0.15, 0.2) is 12.1 Å². The molecule has 0 aliphatic carbocycles. The smallest absolute Gasteiger partial charge is 0.271 e. The summed E-state index contributed by atoms with van der Waals surface area (Å²) in [6.45, 7) is 3.54. The van der Waals surface area contributed by atoms with Crippen LogP contribution in [0.3, 0.4) is 0 Å². The Kier molecular flexibility index (Phi) is 7.67. The molecule has 1 heterocycles. The maximum Gasteiger partial charge on any atom is 0.271 e. The third-order valence-electron chi connectivity index (χ3n) is 2.43. The molecule has 0 saturated carbocycles. The average molecular weight is 302 g/mol. The lowest BCUT2D eigenvalue weighted by atomic mass is 10.3. The number of aromatic nitrogens is 1. The Morgan fingerprint density at radius 3 is 2.89 bits per heavy atom. The lowest BCUT2D eigenvalue weighted by Crippen LogP contribution is -2.26. The number of hydrogen-bond acceptors (Lipinski definition) is 4. The average Bonchev–Trinajstić information content (AvgIpc) is 2.42. The molecule has 0 spiro atoms. The molecule has 4 nitrogen and oxygen atoms in total. The molecule has 19 heavy (non-hydrogen) atoms. The molecule has 1 aromatic rings. The number of carbonyl (C=O) groups excluding carboxylic acids is 1. The summed E-state index contributed by atoms with van der Waals surface area (Å²) in [5.41, 5.74) is 0.284. The zero-order chi connectivity index (χ0) is 14.1. The van der Waals surface area contributed by atoms with Crippen molar-refractivity contribution in [2.45, 2.75) is 19.8 Å². The van der Waals surface area contributed by atoms with Gasteiger partial charge >= 0.3 is 0 Å². The van der Waals surface area contributed by atoms with Gasteiger partial charge in [-0.2, -0.15) is 11.8 Å². The number of nitrogens with one attached hydrogen (secondary N) is 2. The first-order chi connectivity index (χ1) is 9.19. The molecule has 0 unspecified atom stereocenters. The number of nitrogens with zero attached hydrogens (tertiary/aromatic N) is 1. The number of carbonyl (C=O) groups is 1. The van der Waals surface area contributed by atoms with Crippen LogP contribution in [0.2, 0.25) is 5.02 Å². The third kappa shape index (κ3) is 5.70. The van der Waals surface area contributed by atoms with E-state index in [-0.39, 0.29) is 11.6 Å². The molecule has 0 fully saturated rings. The van der Waals surface area contributed by atoms with Crippen molar-refractivity contribution < 1.29 is 4.79 Å². The normalized spacial score (nSPS) is 10.3. The molecular weight excluding hydrogens is 282 g/mol. The Morgan fingerprint density at radius 2 is 2.21 bits per heavy atom. The van der Waals surface area contributed by atoms with Gasteiger partial charge in [-0.05, 0) is 37.0 Å². The van der Waals surface area contributed by atoms with Gasteiger partial charge in [0.1, 0.15) is 11.5 Å². The Labute approximate surface area is 123 Å². The molecule has 1 amide bonds. The van der Waals surface area contributed by atoms with Crippen LogP contribution in [-0.4, -0.2) is 36.0 Å². The van der Waals surface area contributed by atoms with E-state index in [0.717, 1.165) is 25.1 Å². The second-order valence-electron chi connectivity index (χ2n) is 4.06. The summed E-state index contributed by atoms with van der Waals surface area (Å²) in [6, 6.07) is 3.48. The number of rotatable bonds is 8. The number of amides is 1. The van der Waals surface area contributed by atoms with Crippen LogP contribution in [0.5, 0.6) is 0 Å². The molecule has 0 aliphatic rings. The molecular formula is C13H20ClN3OS. The second kappa shape index (κ2) is 9.04. The van der Waals surface area contributed by atoms with Gasteiger partial charge in [-0.15, -0.1) is 0 Å². The summed E-state index contributed by atoms with van der Waals surface area (Å²) in [7, 11) is 0. The van der Waals surface area contributed by atoms with Crippen molar-refractivity contribution in [2.75, 3.05) is 30.4 Å². The monoisotopic (exact) mass is 301 g/mol. The predicted molar refractivity (Wildman–Crippen MR) is 83.4 cm³/mol. The van der Waals surface area contributed by atoms with Gasteiger partial charge in [0.15, 0.2) is 0 Å². The highest BCUT2D eigenvalue weighted by atomic mass is 35.5. The van der Waals surface area contributed by atoms with Crippen LogP contribution < -0.4 is 10.6 Å². The fourth-order valence-electron chi connectivity index (χ4n) is 1.46. The van der Waals surface area contributed by atoms with Crippen molar-refractivity contribution in [2.24, 2.45) is 0 Å². The maximum absolute atomic E-state index is 12.0. The quantitative estimate of drug-likeness (QED) is 0.725. The Hall–Kier alpha value is -0.940. The van der Waals surface area contributed by atoms with E-state index in [2.05, 4.69) is 22.5 Å². The molecule has 0 aromatic carbocycles. The van der Waals surface area contributed by atoms with Crippen LogP contribution in [0.1, 0.15) is 30.3 Å². The van der Waals surface area contributed by atoms with Crippen molar-refractivity contribution in [3.63, 3.8) is 0 Å². The Balaban J connectivity index is 2.61. The molecule has 0 atom stereocenters. The molecule has 0 bridgehead atoms. The van der Waals surface area contributed by atoms with Crippen LogP contribution in [-0.2, 0) is 0 Å². The first kappa shape index (κ1) is 16.1. The Morgan fingerprint density at radius 1 is 1.42 bits per heavy atom. The summed E-state index contributed by atoms with van der Waals surface area (Å²) >= 11 is 7.77. The molecule has 1 aromatic heterocycles. The first-order valence-corrected chi connectivity index (χ1v) is 8.13. The summed E-state index contributed by atoms with van der Waals surface area (Å²) in [4.78, 5) is 16.2. The number of hydrogen-bond donors (Lipinski definition) is 2. The van der Waals surface area contributed by atoms with Crippen molar-refractivity contribution in [1.82, 2.24) is 10.3 Å². The van der Waals surface area contributed by atoms with Crippen LogP contribution in [0, 0.1) is 0 Å². The van der Waals surface area contributed by atoms with E-state index in [1.54, 1.807) is 23.9 Å². The standard InChI is InChI=1S/C13H20ClN3OS/c1-3-7-15-11-6-5-10(14)12(17-11)13(18)16-8-4-9-19-2/h5-6H,3-4,7-9H2,1-2H3,(H,15,17)(H,16,18). The summed E-state index contributed by atoms with van der Waals surface area (Å²) in [6.07, 6.45) is 3.99. The van der Waals surface area contributed by atoms with Crippen molar-refractivity contribution in [3.05, 3.63) is 22.8 Å². The van der Waals surface area contributed by atoms with Gasteiger partial charge in [0.25, 0.3) is 5.91 Å². The number of halogens is 1. The number of thioether (sulfide) groups is 1. The Bertz CT molecular complexity index is 415. The van der Waals surface area contributed by atoms with Gasteiger partial charge in [-0.1, -0.05) is 18.5 Å². The van der Waals surface area contributed by atoms with Gasteiger partial charge in [0.2, 0.25) is 0 Å². The van der Waals surface area contributed by atoms with Crippen LogP contribution in [0.4, 0.5) is 5.82 Å². The second-order valence-corrected chi connectivity index (χ2v) is 5.45. The van der Waals surface area contributed by atoms with Gasteiger partial charge < -0.3 is 10.6 Å². The zero-order valence-corrected chi connectivity index (χ0v) is 12.9. The van der Waals surface area contributed by atoms with Crippen molar-refractivity contribution in [3.8, 4) is 0 Å². The topological polar surface area (TPSA) is 54.0 Å². The first-order valence-electron chi connectivity index (χ1n) is 6.36. The molecule has 1 rings (SSSR count). The predicted octanol–water partition coefficient (Wildman–Crippen LogP) is 3.04. The van der Waals surface area contributed by atoms with Gasteiger partial charge in [-0.25, -0.2) is 4.98 Å². The summed E-state index contributed by atoms with van der Waals surface area (Å²) in [5.74, 6) is 1.49. The van der Waals surface area contributed by atoms with Gasteiger partial charge in [0, 0.05) is 13.1 Å². The summed E-state index contributed by atoms with van der Waals surface area (Å²) < 4.78 is 0. The molecule has 0 radical (unpaired) electrons. The number of anilines is 1. The highest BCUT2D eigenvalue weighted by Crippen LogP contribution is 2.16. The highest BCUT2D eigenvalue weighted by molar-refractivity contribution is 7.98. The minimum Gasteiger partial charge on any atom is -0.370 e. The lowest BCUT2D eigenvalue weighted by Gasteiger charge is -2.09. The van der Waals surface area contributed by atoms with Crippen molar-refractivity contribution in [1.29, 1.82) is 0 Å². The minimum atomic E-state index is -0.216. The van der Waals surface area contributed by atoms with Crippen LogP contribution in [0.25, 0.3) is 0 Å².